The van der Waals surface area contributed by atoms with Gasteiger partial charge < -0.3 is 35.0 Å². The predicted octanol–water partition coefficient (Wildman–Crippen LogP) is -3.47. The van der Waals surface area contributed by atoms with Crippen molar-refractivity contribution in [3.05, 3.63) is 61.2 Å². The average molecular weight is 724 g/mol. The number of aromatic amines is 2. The Balaban J connectivity index is 0.000000196. The van der Waals surface area contributed by atoms with Gasteiger partial charge in [-0.25, -0.2) is 9.59 Å². The second kappa shape index (κ2) is 11.7. The molecule has 0 spiro atoms. The van der Waals surface area contributed by atoms with Crippen molar-refractivity contribution in [1.29, 1.82) is 0 Å². The minimum Gasteiger partial charge on any atom is -0.394 e. The summed E-state index contributed by atoms with van der Waals surface area (Å²) in [4.78, 5) is 49.8. The highest BCUT2D eigenvalue weighted by Crippen LogP contribution is 2.28. The maximum Gasteiger partial charge on any atom is 0.330 e. The maximum atomic E-state index is 11.6. The molecule has 15 nitrogen and oxygen atoms in total. The molecule has 2 fully saturated rings. The predicted molar refractivity (Wildman–Crippen MR) is 133 cm³/mol. The Morgan fingerprint density at radius 3 is 1.83 bits per heavy atom. The number of nitrogens with one attached hydrogen (secondary N) is 2. The molecular weight excluding hydrogens is 702 g/mol. The first-order valence-corrected chi connectivity index (χ1v) is 12.2. The zero-order valence-electron chi connectivity index (χ0n) is 17.7. The van der Waals surface area contributed by atoms with Crippen molar-refractivity contribution in [3.63, 3.8) is 0 Å². The zero-order chi connectivity index (χ0) is 26.0. The summed E-state index contributed by atoms with van der Waals surface area (Å²) in [5, 5.41) is 46.8. The summed E-state index contributed by atoms with van der Waals surface area (Å²) in [5.74, 6) is 0. The van der Waals surface area contributed by atoms with Gasteiger partial charge in [0.05, 0.1) is 26.5 Å². The van der Waals surface area contributed by atoms with Gasteiger partial charge in [-0.1, -0.05) is 0 Å². The van der Waals surface area contributed by atoms with E-state index in [9.17, 15) is 34.5 Å². The molecular formula is C18H22I2N4O11. The molecule has 0 aromatic carbocycles. The monoisotopic (exact) mass is 724 g/mol. The molecule has 2 aliphatic rings. The van der Waals surface area contributed by atoms with E-state index in [1.54, 1.807) is 45.2 Å². The summed E-state index contributed by atoms with van der Waals surface area (Å²) in [6.45, 7) is -0.795. The van der Waals surface area contributed by atoms with Gasteiger partial charge in [-0.15, -0.1) is 0 Å². The Morgan fingerprint density at radius 1 is 0.829 bits per heavy atom. The number of hydrogen-bond donors (Lipinski definition) is 7. The van der Waals surface area contributed by atoms with Gasteiger partial charge >= 0.3 is 11.4 Å². The van der Waals surface area contributed by atoms with Gasteiger partial charge in [-0.05, 0) is 45.2 Å². The van der Waals surface area contributed by atoms with Crippen molar-refractivity contribution >= 4 is 45.2 Å². The lowest BCUT2D eigenvalue weighted by molar-refractivity contribution is -0.0551. The fourth-order valence-electron chi connectivity index (χ4n) is 3.48. The first-order chi connectivity index (χ1) is 16.5. The number of ether oxygens (including phenoxy) is 2. The Kier molecular flexibility index (Phi) is 9.42. The molecule has 0 amide bonds. The SMILES string of the molecule is O=c1[nH]c(=O)n([C@@H]2O[C@H](CO)[C@@H](O)[C@H]2O)cc1I.O=c1[nH]c(=O)n([C@H]2C[C@H](O)[C@@H](CO)O2)cc1I. The lowest BCUT2D eigenvalue weighted by atomic mass is 10.1. The number of halogens is 2. The van der Waals surface area contributed by atoms with Crippen molar-refractivity contribution < 1.29 is 35.0 Å². The molecule has 7 N–H and O–H groups in total. The second-order valence-electron chi connectivity index (χ2n) is 7.63. The first kappa shape index (κ1) is 28.1. The van der Waals surface area contributed by atoms with Gasteiger partial charge in [-0.3, -0.25) is 28.7 Å². The van der Waals surface area contributed by atoms with E-state index in [0.29, 0.717) is 3.57 Å². The van der Waals surface area contributed by atoms with Crippen LogP contribution in [-0.2, 0) is 9.47 Å². The van der Waals surface area contributed by atoms with Crippen molar-refractivity contribution in [2.24, 2.45) is 0 Å². The number of aliphatic hydroxyl groups is 5. The topological polar surface area (TPSA) is 229 Å². The van der Waals surface area contributed by atoms with Crippen molar-refractivity contribution in [2.75, 3.05) is 13.2 Å². The van der Waals surface area contributed by atoms with Gasteiger partial charge in [0.1, 0.15) is 30.6 Å². The Bertz CT molecular complexity index is 1270. The highest BCUT2D eigenvalue weighted by Gasteiger charge is 2.43. The normalized spacial score (nSPS) is 30.2. The third-order valence-electron chi connectivity index (χ3n) is 5.33. The van der Waals surface area contributed by atoms with Gasteiger partial charge in [0, 0.05) is 18.8 Å². The van der Waals surface area contributed by atoms with Crippen molar-refractivity contribution in [2.45, 2.75) is 49.4 Å². The molecule has 0 saturated carbocycles. The molecule has 17 heteroatoms. The molecule has 0 unspecified atom stereocenters. The number of rotatable bonds is 4. The van der Waals surface area contributed by atoms with Gasteiger partial charge in [0.25, 0.3) is 11.1 Å². The van der Waals surface area contributed by atoms with E-state index < -0.39 is 72.1 Å². The molecule has 7 atom stereocenters. The summed E-state index contributed by atoms with van der Waals surface area (Å²) in [7, 11) is 0. The summed E-state index contributed by atoms with van der Waals surface area (Å²) in [6.07, 6.45) is -4.15. The fraction of sp³-hybridized carbons (Fsp3) is 0.556. The molecule has 194 valence electrons. The minimum absolute atomic E-state index is 0.202. The average Bonchev–Trinajstić information content (AvgIpc) is 3.32. The second-order valence-corrected chi connectivity index (χ2v) is 9.96. The summed E-state index contributed by atoms with van der Waals surface area (Å²) in [6, 6.07) is 0. The largest absolute Gasteiger partial charge is 0.394 e. The van der Waals surface area contributed by atoms with E-state index in [-0.39, 0.29) is 16.6 Å². The molecule has 35 heavy (non-hydrogen) atoms. The van der Waals surface area contributed by atoms with Crippen LogP contribution in [0.15, 0.2) is 31.6 Å². The fourth-order valence-corrected chi connectivity index (χ4v) is 4.35. The minimum atomic E-state index is -1.36. The van der Waals surface area contributed by atoms with Crippen LogP contribution < -0.4 is 22.5 Å². The van der Waals surface area contributed by atoms with Gasteiger partial charge in [-0.2, -0.15) is 0 Å². The van der Waals surface area contributed by atoms with E-state index in [2.05, 4.69) is 9.97 Å². The van der Waals surface area contributed by atoms with Crippen LogP contribution in [0.4, 0.5) is 0 Å². The quantitative estimate of drug-likeness (QED) is 0.153. The van der Waals surface area contributed by atoms with E-state index >= 15 is 0 Å². The molecule has 0 aliphatic carbocycles. The third kappa shape index (κ3) is 6.10. The summed E-state index contributed by atoms with van der Waals surface area (Å²) < 4.78 is 13.3. The van der Waals surface area contributed by atoms with Crippen LogP contribution >= 0.6 is 45.2 Å². The number of aliphatic hydroxyl groups excluding tert-OH is 5. The van der Waals surface area contributed by atoms with Crippen LogP contribution in [0.5, 0.6) is 0 Å². The van der Waals surface area contributed by atoms with Gasteiger partial charge in [0.2, 0.25) is 0 Å². The van der Waals surface area contributed by atoms with Gasteiger partial charge in [0.15, 0.2) is 6.23 Å². The van der Waals surface area contributed by atoms with Crippen LogP contribution in [-0.4, -0.2) is 88.4 Å². The molecule has 0 bridgehead atoms. The van der Waals surface area contributed by atoms with E-state index in [4.69, 9.17) is 19.7 Å². The molecule has 2 aromatic rings. The molecule has 2 saturated heterocycles. The lowest BCUT2D eigenvalue weighted by Crippen LogP contribution is -2.38. The summed E-state index contributed by atoms with van der Waals surface area (Å²) >= 11 is 3.53. The third-order valence-corrected chi connectivity index (χ3v) is 6.87. The van der Waals surface area contributed by atoms with Crippen LogP contribution in [0.3, 0.4) is 0 Å². The number of nitrogens with zero attached hydrogens (tertiary/aromatic N) is 2. The Labute approximate surface area is 222 Å². The molecule has 2 aromatic heterocycles. The molecule has 4 rings (SSSR count). The molecule has 2 aliphatic heterocycles. The van der Waals surface area contributed by atoms with Crippen LogP contribution in [0.25, 0.3) is 0 Å². The summed E-state index contributed by atoms with van der Waals surface area (Å²) in [5.41, 5.74) is -2.34. The van der Waals surface area contributed by atoms with E-state index in [1.807, 2.05) is 0 Å². The van der Waals surface area contributed by atoms with Crippen LogP contribution in [0.2, 0.25) is 0 Å². The number of H-pyrrole nitrogens is 2. The lowest BCUT2D eigenvalue weighted by Gasteiger charge is -2.17. The van der Waals surface area contributed by atoms with Crippen LogP contribution in [0.1, 0.15) is 18.9 Å². The first-order valence-electron chi connectivity index (χ1n) is 10.1. The van der Waals surface area contributed by atoms with E-state index in [1.165, 1.54) is 17.0 Å². The van der Waals surface area contributed by atoms with Crippen LogP contribution in [0, 0.1) is 7.14 Å². The van der Waals surface area contributed by atoms with Crippen molar-refractivity contribution in [1.82, 2.24) is 19.1 Å². The molecule has 4 heterocycles. The number of aromatic nitrogens is 4. The Morgan fingerprint density at radius 2 is 1.34 bits per heavy atom. The standard InChI is InChI=1S/C9H11IN2O6.C9H11IN2O5/c10-3-1-12(9(17)11-7(3)16)8-6(15)5(14)4(2-13)18-8;10-4-2-12(9(16)11-8(4)15)7-1-5(14)6(3-13)17-7/h1,4-6,8,13-15H,2H2,(H,11,16,17);2,5-7,13-14H,1,3H2,(H,11,15,16)/t4-,5-,6-,8-;5-,6+,7+/m10/s1. The van der Waals surface area contributed by atoms with E-state index in [0.717, 1.165) is 4.57 Å². The zero-order valence-corrected chi connectivity index (χ0v) is 22.0. The Hall–Kier alpha value is -1.46. The molecule has 0 radical (unpaired) electrons. The van der Waals surface area contributed by atoms with Crippen molar-refractivity contribution in [3.8, 4) is 0 Å². The smallest absolute Gasteiger partial charge is 0.330 e. The highest BCUT2D eigenvalue weighted by atomic mass is 127. The maximum absolute atomic E-state index is 11.6. The highest BCUT2D eigenvalue weighted by molar-refractivity contribution is 14.1. The number of hydrogen-bond acceptors (Lipinski definition) is 11.